The summed E-state index contributed by atoms with van der Waals surface area (Å²) < 4.78 is 5.30. The lowest BCUT2D eigenvalue weighted by molar-refractivity contribution is 0.441. The highest BCUT2D eigenvalue weighted by atomic mass is 16.5. The fraction of sp³-hybridized carbons (Fsp3) is 0.417. The lowest BCUT2D eigenvalue weighted by Crippen LogP contribution is -1.87. The highest BCUT2D eigenvalue weighted by molar-refractivity contribution is 5.80. The van der Waals surface area contributed by atoms with Crippen LogP contribution in [-0.4, -0.2) is 5.16 Å². The number of rotatable bonds is 2. The zero-order valence-electron chi connectivity index (χ0n) is 8.87. The van der Waals surface area contributed by atoms with E-state index in [4.69, 9.17) is 4.52 Å². The molecule has 0 spiro atoms. The molecule has 0 N–H and O–H groups in total. The number of aromatic nitrogens is 1. The zero-order valence-corrected chi connectivity index (χ0v) is 8.87. The fourth-order valence-electron chi connectivity index (χ4n) is 1.64. The minimum Gasteiger partial charge on any atom is -0.356 e. The molecule has 0 fully saturated rings. The maximum atomic E-state index is 5.30. The van der Waals surface area contributed by atoms with Gasteiger partial charge in [0.25, 0.3) is 0 Å². The number of hydrogen-bond donors (Lipinski definition) is 0. The van der Waals surface area contributed by atoms with Gasteiger partial charge in [-0.2, -0.15) is 0 Å². The first-order valence-corrected chi connectivity index (χ1v) is 5.10. The Morgan fingerprint density at radius 1 is 1.36 bits per heavy atom. The van der Waals surface area contributed by atoms with Crippen molar-refractivity contribution < 1.29 is 4.52 Å². The molecular weight excluding hydrogens is 174 g/mol. The number of hydrogen-bond acceptors (Lipinski definition) is 2. The van der Waals surface area contributed by atoms with Gasteiger partial charge in [0.1, 0.15) is 0 Å². The van der Waals surface area contributed by atoms with Crippen LogP contribution in [0, 0.1) is 0 Å². The Bertz CT molecular complexity index is 443. The third-order valence-electron chi connectivity index (χ3n) is 2.52. The van der Waals surface area contributed by atoms with Crippen molar-refractivity contribution >= 4 is 11.0 Å². The minimum atomic E-state index is 0.420. The van der Waals surface area contributed by atoms with Gasteiger partial charge >= 0.3 is 0 Å². The summed E-state index contributed by atoms with van der Waals surface area (Å²) in [5.74, 6) is 0.420. The lowest BCUT2D eigenvalue weighted by atomic mass is 10.0. The van der Waals surface area contributed by atoms with Crippen LogP contribution in [0.1, 0.15) is 37.9 Å². The molecule has 2 heteroatoms. The van der Waals surface area contributed by atoms with E-state index in [1.54, 1.807) is 0 Å². The Labute approximate surface area is 83.9 Å². The molecule has 2 nitrogen and oxygen atoms in total. The van der Waals surface area contributed by atoms with Gasteiger partial charge in [-0.25, -0.2) is 0 Å². The van der Waals surface area contributed by atoms with E-state index in [1.807, 2.05) is 0 Å². The largest absolute Gasteiger partial charge is 0.356 e. The molecule has 1 aromatic carbocycles. The van der Waals surface area contributed by atoms with Gasteiger partial charge in [0, 0.05) is 5.39 Å². The van der Waals surface area contributed by atoms with Crippen molar-refractivity contribution in [2.45, 2.75) is 33.1 Å². The first-order chi connectivity index (χ1) is 6.72. The highest BCUT2D eigenvalue weighted by Crippen LogP contribution is 2.25. The van der Waals surface area contributed by atoms with Crippen LogP contribution in [-0.2, 0) is 6.42 Å². The molecule has 0 atom stereocenters. The second-order valence-corrected chi connectivity index (χ2v) is 3.91. The van der Waals surface area contributed by atoms with Crippen molar-refractivity contribution in [3.05, 3.63) is 29.5 Å². The molecule has 2 aromatic rings. The Morgan fingerprint density at radius 2 is 2.14 bits per heavy atom. The van der Waals surface area contributed by atoms with E-state index in [1.165, 1.54) is 5.56 Å². The number of benzene rings is 1. The molecule has 0 radical (unpaired) electrons. The molecule has 0 amide bonds. The molecule has 1 aromatic heterocycles. The van der Waals surface area contributed by atoms with E-state index >= 15 is 0 Å². The van der Waals surface area contributed by atoms with Gasteiger partial charge in [-0.15, -0.1) is 0 Å². The molecular formula is C12H15NO. The van der Waals surface area contributed by atoms with Crippen molar-refractivity contribution in [2.24, 2.45) is 0 Å². The summed E-state index contributed by atoms with van der Waals surface area (Å²) in [7, 11) is 0. The van der Waals surface area contributed by atoms with Gasteiger partial charge in [-0.3, -0.25) is 0 Å². The fourth-order valence-corrected chi connectivity index (χ4v) is 1.64. The SMILES string of the molecule is CCc1ccc2c(C(C)C)noc2c1. The zero-order chi connectivity index (χ0) is 10.1. The van der Waals surface area contributed by atoms with Crippen LogP contribution >= 0.6 is 0 Å². The molecule has 0 saturated heterocycles. The normalized spacial score (nSPS) is 11.4. The predicted octanol–water partition coefficient (Wildman–Crippen LogP) is 3.51. The Morgan fingerprint density at radius 3 is 2.79 bits per heavy atom. The molecule has 14 heavy (non-hydrogen) atoms. The molecule has 0 saturated carbocycles. The van der Waals surface area contributed by atoms with Gasteiger partial charge < -0.3 is 4.52 Å². The van der Waals surface area contributed by atoms with Crippen LogP contribution in [0.15, 0.2) is 22.7 Å². The van der Waals surface area contributed by atoms with Crippen LogP contribution in [0.4, 0.5) is 0 Å². The van der Waals surface area contributed by atoms with Gasteiger partial charge in [0.05, 0.1) is 5.69 Å². The topological polar surface area (TPSA) is 26.0 Å². The van der Waals surface area contributed by atoms with Crippen molar-refractivity contribution in [1.82, 2.24) is 5.16 Å². The summed E-state index contributed by atoms with van der Waals surface area (Å²) in [4.78, 5) is 0. The number of aryl methyl sites for hydroxylation is 1. The summed E-state index contributed by atoms with van der Waals surface area (Å²) in [5, 5.41) is 5.25. The molecule has 0 unspecified atom stereocenters. The van der Waals surface area contributed by atoms with Gasteiger partial charge in [0.2, 0.25) is 0 Å². The van der Waals surface area contributed by atoms with Crippen LogP contribution in [0.2, 0.25) is 0 Å². The third-order valence-corrected chi connectivity index (χ3v) is 2.52. The summed E-state index contributed by atoms with van der Waals surface area (Å²) in [6, 6.07) is 6.33. The summed E-state index contributed by atoms with van der Waals surface area (Å²) >= 11 is 0. The standard InChI is InChI=1S/C12H15NO/c1-4-9-5-6-10-11(7-9)14-13-12(10)8(2)3/h5-8H,4H2,1-3H3. The first kappa shape index (κ1) is 9.25. The minimum absolute atomic E-state index is 0.420. The number of nitrogens with zero attached hydrogens (tertiary/aromatic N) is 1. The predicted molar refractivity (Wildman–Crippen MR) is 57.5 cm³/mol. The van der Waals surface area contributed by atoms with Crippen LogP contribution in [0.25, 0.3) is 11.0 Å². The monoisotopic (exact) mass is 189 g/mol. The van der Waals surface area contributed by atoms with Gasteiger partial charge in [-0.05, 0) is 30.0 Å². The number of fused-ring (bicyclic) bond motifs is 1. The Kier molecular flexibility index (Phi) is 2.28. The molecule has 0 aliphatic heterocycles. The molecule has 2 rings (SSSR count). The first-order valence-electron chi connectivity index (χ1n) is 5.10. The molecule has 0 bridgehead atoms. The lowest BCUT2D eigenvalue weighted by Gasteiger charge is -1.99. The second kappa shape index (κ2) is 3.45. The summed E-state index contributed by atoms with van der Waals surface area (Å²) in [6.45, 7) is 6.40. The van der Waals surface area contributed by atoms with Crippen molar-refractivity contribution in [3.8, 4) is 0 Å². The van der Waals surface area contributed by atoms with Crippen LogP contribution in [0.5, 0.6) is 0 Å². The molecule has 74 valence electrons. The van der Waals surface area contributed by atoms with Gasteiger partial charge in [0.15, 0.2) is 5.58 Å². The Hall–Kier alpha value is -1.31. The van der Waals surface area contributed by atoms with Crippen molar-refractivity contribution in [2.75, 3.05) is 0 Å². The second-order valence-electron chi connectivity index (χ2n) is 3.91. The molecule has 1 heterocycles. The molecule has 0 aliphatic carbocycles. The maximum Gasteiger partial charge on any atom is 0.167 e. The average Bonchev–Trinajstić information content (AvgIpc) is 2.59. The third kappa shape index (κ3) is 1.41. The average molecular weight is 189 g/mol. The molecule has 0 aliphatic rings. The quantitative estimate of drug-likeness (QED) is 0.722. The van der Waals surface area contributed by atoms with Crippen molar-refractivity contribution in [1.29, 1.82) is 0 Å². The van der Waals surface area contributed by atoms with E-state index in [0.717, 1.165) is 23.1 Å². The van der Waals surface area contributed by atoms with Crippen LogP contribution in [0.3, 0.4) is 0 Å². The van der Waals surface area contributed by atoms with E-state index in [0.29, 0.717) is 5.92 Å². The Balaban J connectivity index is 2.59. The van der Waals surface area contributed by atoms with E-state index in [9.17, 15) is 0 Å². The van der Waals surface area contributed by atoms with E-state index < -0.39 is 0 Å². The highest BCUT2D eigenvalue weighted by Gasteiger charge is 2.10. The van der Waals surface area contributed by atoms with E-state index in [-0.39, 0.29) is 0 Å². The van der Waals surface area contributed by atoms with Crippen LogP contribution < -0.4 is 0 Å². The smallest absolute Gasteiger partial charge is 0.167 e. The maximum absolute atomic E-state index is 5.30. The summed E-state index contributed by atoms with van der Waals surface area (Å²) in [6.07, 6.45) is 1.04. The summed E-state index contributed by atoms with van der Waals surface area (Å²) in [5.41, 5.74) is 3.26. The van der Waals surface area contributed by atoms with Crippen molar-refractivity contribution in [3.63, 3.8) is 0 Å². The van der Waals surface area contributed by atoms with E-state index in [2.05, 4.69) is 44.1 Å². The van der Waals surface area contributed by atoms with Gasteiger partial charge in [-0.1, -0.05) is 32.0 Å².